The smallest absolute Gasteiger partial charge is 0.303 e. The summed E-state index contributed by atoms with van der Waals surface area (Å²) in [4.78, 5) is 47.2. The lowest BCUT2D eigenvalue weighted by Crippen LogP contribution is -2.63. The molecule has 0 unspecified atom stereocenters. The predicted molar refractivity (Wildman–Crippen MR) is 176 cm³/mol. The standard InChI is InChI=1S/C36H64O10/c1-6-7-8-9-10-11-12-13-14-15-16-17-18-19-20-21-22-23-24-25-26-41-36-35(45-31(5)40)34(44-30(4)39)33(43-29(3)38)32(46-36)27-42-28(2)37/h32-36H,6-27H2,1-5H3/t32-,33-,34+,35-,36-/m1/s1. The van der Waals surface area contributed by atoms with E-state index in [1.165, 1.54) is 137 Å². The maximum atomic E-state index is 11.9. The number of hydrogen-bond acceptors (Lipinski definition) is 10. The van der Waals surface area contributed by atoms with Crippen LogP contribution in [0.15, 0.2) is 0 Å². The van der Waals surface area contributed by atoms with Gasteiger partial charge in [-0.05, 0) is 6.42 Å². The SMILES string of the molecule is CCCCCCCCCCCCCCCCCCCCCCO[C@@H]1O[C@H](COC(C)=O)[C@@H](OC(C)=O)[C@H](OC(C)=O)[C@H]1OC(C)=O. The summed E-state index contributed by atoms with van der Waals surface area (Å²) in [5.74, 6) is -2.53. The Kier molecular flexibility index (Phi) is 24.4. The quantitative estimate of drug-likeness (QED) is 0.0489. The number of ether oxygens (including phenoxy) is 6. The fourth-order valence-electron chi connectivity index (χ4n) is 5.88. The van der Waals surface area contributed by atoms with Crippen molar-refractivity contribution in [3.05, 3.63) is 0 Å². The van der Waals surface area contributed by atoms with E-state index in [-0.39, 0.29) is 6.61 Å². The van der Waals surface area contributed by atoms with Crippen molar-refractivity contribution in [2.75, 3.05) is 13.2 Å². The third-order valence-electron chi connectivity index (χ3n) is 8.23. The Morgan fingerprint density at radius 1 is 0.478 bits per heavy atom. The topological polar surface area (TPSA) is 124 Å². The number of esters is 4. The molecule has 1 rings (SSSR count). The van der Waals surface area contributed by atoms with Crippen LogP contribution in [0.2, 0.25) is 0 Å². The van der Waals surface area contributed by atoms with Crippen molar-refractivity contribution in [3.63, 3.8) is 0 Å². The molecule has 0 spiro atoms. The van der Waals surface area contributed by atoms with E-state index >= 15 is 0 Å². The average Bonchev–Trinajstić information content (AvgIpc) is 2.99. The number of carbonyl (C=O) groups is 4. The molecule has 46 heavy (non-hydrogen) atoms. The molecule has 10 heteroatoms. The van der Waals surface area contributed by atoms with Crippen molar-refractivity contribution in [1.82, 2.24) is 0 Å². The molecule has 0 bridgehead atoms. The summed E-state index contributed by atoms with van der Waals surface area (Å²) in [6, 6.07) is 0. The Bertz CT molecular complexity index is 832. The van der Waals surface area contributed by atoms with Gasteiger partial charge in [-0.15, -0.1) is 0 Å². The lowest BCUT2D eigenvalue weighted by molar-refractivity contribution is -0.308. The van der Waals surface area contributed by atoms with Gasteiger partial charge in [-0.1, -0.05) is 129 Å². The number of carbonyl (C=O) groups excluding carboxylic acids is 4. The van der Waals surface area contributed by atoms with E-state index in [1.54, 1.807) is 0 Å². The molecule has 0 radical (unpaired) electrons. The first kappa shape index (κ1) is 41.8. The van der Waals surface area contributed by atoms with Gasteiger partial charge in [0.15, 0.2) is 24.6 Å². The van der Waals surface area contributed by atoms with Crippen LogP contribution in [0.25, 0.3) is 0 Å². The van der Waals surface area contributed by atoms with Gasteiger partial charge in [0.25, 0.3) is 0 Å². The molecule has 0 aliphatic carbocycles. The molecule has 0 aromatic carbocycles. The van der Waals surface area contributed by atoms with Gasteiger partial charge in [0, 0.05) is 34.3 Å². The van der Waals surface area contributed by atoms with E-state index in [9.17, 15) is 19.2 Å². The highest BCUT2D eigenvalue weighted by molar-refractivity contribution is 5.68. The fraction of sp³-hybridized carbons (Fsp3) is 0.889. The number of unbranched alkanes of at least 4 members (excludes halogenated alkanes) is 19. The largest absolute Gasteiger partial charge is 0.463 e. The first-order chi connectivity index (χ1) is 22.1. The van der Waals surface area contributed by atoms with Crippen LogP contribution in [0.4, 0.5) is 0 Å². The van der Waals surface area contributed by atoms with E-state index in [4.69, 9.17) is 28.4 Å². The highest BCUT2D eigenvalue weighted by atomic mass is 16.7. The van der Waals surface area contributed by atoms with Crippen molar-refractivity contribution in [1.29, 1.82) is 0 Å². The van der Waals surface area contributed by atoms with Gasteiger partial charge in [-0.25, -0.2) is 0 Å². The minimum absolute atomic E-state index is 0.267. The van der Waals surface area contributed by atoms with Crippen LogP contribution in [0, 0.1) is 0 Å². The van der Waals surface area contributed by atoms with Gasteiger partial charge in [0.05, 0.1) is 0 Å². The van der Waals surface area contributed by atoms with Crippen molar-refractivity contribution in [2.24, 2.45) is 0 Å². The fourth-order valence-corrected chi connectivity index (χ4v) is 5.88. The Labute approximate surface area is 278 Å². The third kappa shape index (κ3) is 20.8. The molecule has 1 saturated heterocycles. The highest BCUT2D eigenvalue weighted by Crippen LogP contribution is 2.30. The molecule has 0 aromatic heterocycles. The molecule has 1 heterocycles. The minimum Gasteiger partial charge on any atom is -0.463 e. The molecular weight excluding hydrogens is 592 g/mol. The number of hydrogen-bond donors (Lipinski definition) is 0. The Balaban J connectivity index is 2.30. The van der Waals surface area contributed by atoms with Crippen LogP contribution in [-0.4, -0.2) is 67.8 Å². The Morgan fingerprint density at radius 2 is 0.848 bits per heavy atom. The van der Waals surface area contributed by atoms with Gasteiger partial charge in [-0.2, -0.15) is 0 Å². The van der Waals surface area contributed by atoms with E-state index in [1.807, 2.05) is 0 Å². The van der Waals surface area contributed by atoms with E-state index < -0.39 is 54.6 Å². The van der Waals surface area contributed by atoms with E-state index in [0.29, 0.717) is 6.61 Å². The molecule has 10 nitrogen and oxygen atoms in total. The van der Waals surface area contributed by atoms with Gasteiger partial charge >= 0.3 is 23.9 Å². The van der Waals surface area contributed by atoms with Crippen molar-refractivity contribution < 1.29 is 47.6 Å². The zero-order chi connectivity index (χ0) is 34.0. The molecule has 0 amide bonds. The Morgan fingerprint density at radius 3 is 1.24 bits per heavy atom. The molecule has 1 aliphatic heterocycles. The normalized spacial score (nSPS) is 21.0. The zero-order valence-electron chi connectivity index (χ0n) is 29.5. The second kappa shape index (κ2) is 26.8. The summed E-state index contributed by atoms with van der Waals surface area (Å²) in [5.41, 5.74) is 0. The Hall–Kier alpha value is -2.20. The molecule has 0 saturated carbocycles. The summed E-state index contributed by atoms with van der Waals surface area (Å²) < 4.78 is 33.3. The van der Waals surface area contributed by atoms with Crippen molar-refractivity contribution >= 4 is 23.9 Å². The monoisotopic (exact) mass is 656 g/mol. The molecule has 0 aromatic rings. The molecule has 5 atom stereocenters. The highest BCUT2D eigenvalue weighted by Gasteiger charge is 2.52. The maximum absolute atomic E-state index is 11.9. The zero-order valence-corrected chi connectivity index (χ0v) is 29.5. The minimum atomic E-state index is -1.21. The van der Waals surface area contributed by atoms with Gasteiger partial charge in [0.1, 0.15) is 12.7 Å². The molecular formula is C36H64O10. The van der Waals surface area contributed by atoms with E-state index in [2.05, 4.69) is 6.92 Å². The average molecular weight is 657 g/mol. The second-order valence-corrected chi connectivity index (χ2v) is 12.7. The summed E-state index contributed by atoms with van der Waals surface area (Å²) in [6.07, 6.45) is 20.2. The summed E-state index contributed by atoms with van der Waals surface area (Å²) in [5, 5.41) is 0. The second-order valence-electron chi connectivity index (χ2n) is 12.7. The van der Waals surface area contributed by atoms with Gasteiger partial charge < -0.3 is 28.4 Å². The van der Waals surface area contributed by atoms with Gasteiger partial charge in [0.2, 0.25) is 0 Å². The third-order valence-corrected chi connectivity index (χ3v) is 8.23. The summed E-state index contributed by atoms with van der Waals surface area (Å²) in [6.45, 7) is 7.17. The summed E-state index contributed by atoms with van der Waals surface area (Å²) >= 11 is 0. The lowest BCUT2D eigenvalue weighted by Gasteiger charge is -2.44. The first-order valence-corrected chi connectivity index (χ1v) is 18.1. The molecule has 0 N–H and O–H groups in total. The van der Waals surface area contributed by atoms with E-state index in [0.717, 1.165) is 19.3 Å². The van der Waals surface area contributed by atoms with Crippen LogP contribution >= 0.6 is 0 Å². The van der Waals surface area contributed by atoms with Crippen LogP contribution in [0.5, 0.6) is 0 Å². The number of rotatable bonds is 27. The van der Waals surface area contributed by atoms with Crippen LogP contribution in [0.1, 0.15) is 163 Å². The van der Waals surface area contributed by atoms with Gasteiger partial charge in [-0.3, -0.25) is 19.2 Å². The molecule has 1 aliphatic rings. The lowest BCUT2D eigenvalue weighted by atomic mass is 9.98. The maximum Gasteiger partial charge on any atom is 0.303 e. The summed E-state index contributed by atoms with van der Waals surface area (Å²) in [7, 11) is 0. The van der Waals surface area contributed by atoms with Crippen LogP contribution < -0.4 is 0 Å². The molecule has 1 fully saturated rings. The predicted octanol–water partition coefficient (Wildman–Crippen LogP) is 7.91. The van der Waals surface area contributed by atoms with Crippen LogP contribution in [-0.2, 0) is 47.6 Å². The van der Waals surface area contributed by atoms with Crippen molar-refractivity contribution in [3.8, 4) is 0 Å². The first-order valence-electron chi connectivity index (χ1n) is 18.1. The molecule has 268 valence electrons. The van der Waals surface area contributed by atoms with Crippen LogP contribution in [0.3, 0.4) is 0 Å². The van der Waals surface area contributed by atoms with Crippen molar-refractivity contribution in [2.45, 2.75) is 194 Å².